The topological polar surface area (TPSA) is 141 Å². The summed E-state index contributed by atoms with van der Waals surface area (Å²) in [6.07, 6.45) is 7.17. The summed E-state index contributed by atoms with van der Waals surface area (Å²) in [6.45, 7) is 1.46. The van der Waals surface area contributed by atoms with Crippen molar-refractivity contribution in [3.05, 3.63) is 57.9 Å². The predicted molar refractivity (Wildman–Crippen MR) is 115 cm³/mol. The molecule has 0 radical (unpaired) electrons. The van der Waals surface area contributed by atoms with Crippen LogP contribution in [0.2, 0.25) is 0 Å². The molecule has 1 aromatic carbocycles. The van der Waals surface area contributed by atoms with Crippen LogP contribution in [0.3, 0.4) is 0 Å². The lowest BCUT2D eigenvalue weighted by atomic mass is 10.1. The Bertz CT molecular complexity index is 1190. The molecule has 1 amide bonds. The lowest BCUT2D eigenvalue weighted by molar-refractivity contribution is -0.386. The van der Waals surface area contributed by atoms with E-state index in [0.29, 0.717) is 23.6 Å². The van der Waals surface area contributed by atoms with Gasteiger partial charge in [0, 0.05) is 30.8 Å². The summed E-state index contributed by atoms with van der Waals surface area (Å²) in [6, 6.07) is 6.05. The van der Waals surface area contributed by atoms with Crippen molar-refractivity contribution in [2.24, 2.45) is 10.2 Å². The number of aromatic nitrogens is 1. The van der Waals surface area contributed by atoms with E-state index < -0.39 is 17.1 Å². The Balaban J connectivity index is 1.60. The van der Waals surface area contributed by atoms with Crippen molar-refractivity contribution in [2.45, 2.75) is 25.9 Å². The van der Waals surface area contributed by atoms with Gasteiger partial charge in [-0.1, -0.05) is 0 Å². The molecule has 12 nitrogen and oxygen atoms in total. The van der Waals surface area contributed by atoms with Crippen LogP contribution >= 0.6 is 0 Å². The Morgan fingerprint density at radius 2 is 2.09 bits per heavy atom. The summed E-state index contributed by atoms with van der Waals surface area (Å²) >= 11 is 0. The molecule has 0 spiro atoms. The predicted octanol–water partition coefficient (Wildman–Crippen LogP) is 2.91. The minimum atomic E-state index is -1.00. The Morgan fingerprint density at radius 1 is 1.36 bits per heavy atom. The number of hydrogen-bond acceptors (Lipinski definition) is 10. The van der Waals surface area contributed by atoms with E-state index in [0.717, 1.165) is 5.01 Å². The van der Waals surface area contributed by atoms with E-state index in [1.54, 1.807) is 24.5 Å². The fraction of sp³-hybridized carbons (Fsp3) is 0.238. The molecule has 168 valence electrons. The van der Waals surface area contributed by atoms with Crippen molar-refractivity contribution in [1.29, 1.82) is 0 Å². The highest BCUT2D eigenvalue weighted by Gasteiger charge is 2.31. The molecular formula is C21H18N6O6. The molecule has 1 aromatic heterocycles. The van der Waals surface area contributed by atoms with Gasteiger partial charge >= 0.3 is 6.09 Å². The van der Waals surface area contributed by atoms with Crippen LogP contribution < -0.4 is 14.9 Å². The molecule has 2 aliphatic rings. The molecular weight excluding hydrogens is 432 g/mol. The summed E-state index contributed by atoms with van der Waals surface area (Å²) in [7, 11) is 0. The normalized spacial score (nSPS) is 15.0. The number of amides is 1. The zero-order chi connectivity index (χ0) is 23.4. The van der Waals surface area contributed by atoms with E-state index in [1.165, 1.54) is 19.1 Å². The van der Waals surface area contributed by atoms with Gasteiger partial charge < -0.3 is 14.2 Å². The third-order valence-corrected chi connectivity index (χ3v) is 4.79. The van der Waals surface area contributed by atoms with E-state index in [-0.39, 0.29) is 36.0 Å². The highest BCUT2D eigenvalue weighted by molar-refractivity contribution is 6.05. The average Bonchev–Trinajstić information content (AvgIpc) is 3.30. The quantitative estimate of drug-likeness (QED) is 0.402. The minimum Gasteiger partial charge on any atom is -0.454 e. The Morgan fingerprint density at radius 3 is 2.79 bits per heavy atom. The maximum Gasteiger partial charge on any atom is 0.437 e. The fourth-order valence-electron chi connectivity index (χ4n) is 3.16. The smallest absolute Gasteiger partial charge is 0.437 e. The molecule has 1 atom stereocenters. The Hall–Kier alpha value is -4.66. The first-order valence-corrected chi connectivity index (χ1v) is 9.81. The highest BCUT2D eigenvalue weighted by Crippen LogP contribution is 2.41. The monoisotopic (exact) mass is 450 g/mol. The molecule has 0 saturated heterocycles. The van der Waals surface area contributed by atoms with Gasteiger partial charge in [0.1, 0.15) is 6.10 Å². The number of terminal acetylenes is 1. The number of hydrogen-bond donors (Lipinski definition) is 1. The third kappa shape index (κ3) is 4.52. The number of nitrogens with one attached hydrogen (secondary N) is 1. The summed E-state index contributed by atoms with van der Waals surface area (Å²) in [4.78, 5) is 28.0. The Labute approximate surface area is 188 Å². The zero-order valence-electron chi connectivity index (χ0n) is 17.4. The van der Waals surface area contributed by atoms with E-state index in [2.05, 4.69) is 26.5 Å². The van der Waals surface area contributed by atoms with Crippen molar-refractivity contribution in [3.8, 4) is 23.8 Å². The van der Waals surface area contributed by atoms with Gasteiger partial charge in [-0.3, -0.25) is 20.5 Å². The van der Waals surface area contributed by atoms with Crippen LogP contribution in [0, 0.1) is 22.5 Å². The van der Waals surface area contributed by atoms with Gasteiger partial charge in [0.15, 0.2) is 23.2 Å². The van der Waals surface area contributed by atoms with Crippen LogP contribution in [0.1, 0.15) is 37.0 Å². The molecule has 0 saturated carbocycles. The summed E-state index contributed by atoms with van der Waals surface area (Å²) in [5.41, 5.74) is 3.31. The van der Waals surface area contributed by atoms with Gasteiger partial charge in [0.2, 0.25) is 6.79 Å². The first-order chi connectivity index (χ1) is 16.0. The molecule has 0 aliphatic carbocycles. The van der Waals surface area contributed by atoms with Crippen molar-refractivity contribution in [1.82, 2.24) is 15.4 Å². The summed E-state index contributed by atoms with van der Waals surface area (Å²) in [5.74, 6) is 3.59. The van der Waals surface area contributed by atoms with E-state index >= 15 is 0 Å². The van der Waals surface area contributed by atoms with Gasteiger partial charge in [-0.05, 0) is 25.1 Å². The minimum absolute atomic E-state index is 0.0492. The number of carbonyl (C=O) groups is 1. The molecule has 0 fully saturated rings. The zero-order valence-corrected chi connectivity index (χ0v) is 17.4. The van der Waals surface area contributed by atoms with E-state index in [9.17, 15) is 14.9 Å². The number of rotatable bonds is 6. The number of pyridine rings is 1. The van der Waals surface area contributed by atoms with Gasteiger partial charge in [-0.15, -0.1) is 22.5 Å². The van der Waals surface area contributed by atoms with Gasteiger partial charge in [-0.25, -0.2) is 4.79 Å². The van der Waals surface area contributed by atoms with Crippen molar-refractivity contribution >= 4 is 23.5 Å². The van der Waals surface area contributed by atoms with Crippen LogP contribution in [0.4, 0.5) is 10.5 Å². The molecule has 1 unspecified atom stereocenters. The largest absolute Gasteiger partial charge is 0.454 e. The number of benzene rings is 1. The fourth-order valence-corrected chi connectivity index (χ4v) is 3.16. The molecule has 2 aliphatic heterocycles. The van der Waals surface area contributed by atoms with Crippen LogP contribution in [-0.4, -0.2) is 39.5 Å². The second-order valence-corrected chi connectivity index (χ2v) is 6.89. The molecule has 12 heteroatoms. The molecule has 2 aromatic rings. The van der Waals surface area contributed by atoms with Gasteiger partial charge in [0.25, 0.3) is 5.69 Å². The first-order valence-electron chi connectivity index (χ1n) is 9.81. The maximum absolute atomic E-state index is 13.0. The molecule has 4 rings (SSSR count). The number of nitrogens with zero attached hydrogens (tertiary/aromatic N) is 5. The van der Waals surface area contributed by atoms with Crippen LogP contribution in [0.5, 0.6) is 11.5 Å². The van der Waals surface area contributed by atoms with Crippen molar-refractivity contribution in [3.63, 3.8) is 0 Å². The second-order valence-electron chi connectivity index (χ2n) is 6.89. The number of ether oxygens (including phenoxy) is 3. The summed E-state index contributed by atoms with van der Waals surface area (Å²) in [5, 5.41) is 21.1. The first kappa shape index (κ1) is 21.6. The Kier molecular flexibility index (Phi) is 6.03. The molecule has 3 heterocycles. The second kappa shape index (κ2) is 9.23. The van der Waals surface area contributed by atoms with Crippen LogP contribution in [0.15, 0.2) is 46.9 Å². The van der Waals surface area contributed by atoms with Crippen LogP contribution in [-0.2, 0) is 4.74 Å². The van der Waals surface area contributed by atoms with Crippen LogP contribution in [0.25, 0.3) is 0 Å². The highest BCUT2D eigenvalue weighted by atomic mass is 16.7. The van der Waals surface area contributed by atoms with Gasteiger partial charge in [-0.2, -0.15) is 5.10 Å². The lowest BCUT2D eigenvalue weighted by Gasteiger charge is -2.25. The van der Waals surface area contributed by atoms with Crippen molar-refractivity contribution < 1.29 is 23.9 Å². The standard InChI is InChI=1S/C21H18N6O6/c1-3-4-5-19-23-24-20(14-6-8-22-9-7-14)25-26(19)21(28)33-13(2)15-10-17-18(32-12-31-17)11-16(15)27(29)30/h1,6-11,13H,4-5,12H2,2H3,(H,24,25). The molecule has 0 bridgehead atoms. The lowest BCUT2D eigenvalue weighted by Crippen LogP contribution is -2.41. The number of nitro benzene ring substituents is 1. The number of nitro groups is 1. The average molecular weight is 450 g/mol. The number of fused-ring (bicyclic) bond motifs is 1. The van der Waals surface area contributed by atoms with E-state index in [4.69, 9.17) is 20.6 Å². The van der Waals surface area contributed by atoms with Crippen molar-refractivity contribution in [2.75, 3.05) is 6.79 Å². The third-order valence-electron chi connectivity index (χ3n) is 4.79. The number of amidine groups is 2. The maximum atomic E-state index is 13.0. The molecule has 33 heavy (non-hydrogen) atoms. The van der Waals surface area contributed by atoms with E-state index in [1.807, 2.05) is 0 Å². The number of carbonyl (C=O) groups excluding carboxylic acids is 1. The van der Waals surface area contributed by atoms with Gasteiger partial charge in [0.05, 0.1) is 16.6 Å². The molecule has 1 N–H and O–H groups in total. The number of hydrazone groups is 2. The summed E-state index contributed by atoms with van der Waals surface area (Å²) < 4.78 is 16.0. The SMILES string of the molecule is C#CCCC1=NNC(c2ccncc2)=NN1C(=O)OC(C)c1cc2c(cc1[N+](=O)[O-])OCO2.